The number of Topliss-reactive ketones (excluding diaryl/α,β-unsaturated/α-hetero) is 1. The first kappa shape index (κ1) is 10.2. The number of rotatable bonds is 5. The number of carbonyl (C=O) groups excluding carboxylic acids is 2. The molecule has 0 aromatic rings. The van der Waals surface area contributed by atoms with Crippen molar-refractivity contribution in [2.75, 3.05) is 6.54 Å². The monoisotopic (exact) mass is 183 g/mol. The molecule has 0 aromatic carbocycles. The summed E-state index contributed by atoms with van der Waals surface area (Å²) in [7, 11) is 0. The molecule has 1 fully saturated rings. The van der Waals surface area contributed by atoms with Crippen LogP contribution in [0.2, 0.25) is 0 Å². The Morgan fingerprint density at radius 2 is 2.00 bits per heavy atom. The Hall–Kier alpha value is -0.860. The average Bonchev–Trinajstić information content (AvgIpc) is 2.80. The second-order valence-corrected chi connectivity index (χ2v) is 4.01. The SMILES string of the molecule is CCC1(CNC(=O)CC(C)=O)CC1. The summed E-state index contributed by atoms with van der Waals surface area (Å²) in [5, 5.41) is 2.81. The van der Waals surface area contributed by atoms with E-state index in [1.165, 1.54) is 19.8 Å². The van der Waals surface area contributed by atoms with Crippen LogP contribution in [-0.2, 0) is 9.59 Å². The molecule has 1 saturated carbocycles. The predicted molar refractivity (Wildman–Crippen MR) is 50.3 cm³/mol. The van der Waals surface area contributed by atoms with Gasteiger partial charge < -0.3 is 5.32 Å². The van der Waals surface area contributed by atoms with Crippen LogP contribution in [0.3, 0.4) is 0 Å². The van der Waals surface area contributed by atoms with Crippen LogP contribution in [-0.4, -0.2) is 18.2 Å². The van der Waals surface area contributed by atoms with Crippen LogP contribution in [0.15, 0.2) is 0 Å². The average molecular weight is 183 g/mol. The van der Waals surface area contributed by atoms with Gasteiger partial charge >= 0.3 is 0 Å². The molecule has 1 N–H and O–H groups in total. The smallest absolute Gasteiger partial charge is 0.227 e. The highest BCUT2D eigenvalue weighted by Crippen LogP contribution is 2.47. The molecule has 1 aliphatic carbocycles. The number of carbonyl (C=O) groups is 2. The van der Waals surface area contributed by atoms with Crippen molar-refractivity contribution in [1.29, 1.82) is 0 Å². The molecule has 0 unspecified atom stereocenters. The Bertz CT molecular complexity index is 219. The second-order valence-electron chi connectivity index (χ2n) is 4.01. The van der Waals surface area contributed by atoms with E-state index in [0.717, 1.165) is 13.0 Å². The van der Waals surface area contributed by atoms with Gasteiger partial charge in [0.2, 0.25) is 5.91 Å². The molecule has 74 valence electrons. The Labute approximate surface area is 78.9 Å². The largest absolute Gasteiger partial charge is 0.355 e. The van der Waals surface area contributed by atoms with E-state index in [4.69, 9.17) is 0 Å². The topological polar surface area (TPSA) is 46.2 Å². The van der Waals surface area contributed by atoms with Gasteiger partial charge in [0, 0.05) is 6.54 Å². The predicted octanol–water partition coefficient (Wildman–Crippen LogP) is 1.27. The third kappa shape index (κ3) is 3.17. The van der Waals surface area contributed by atoms with E-state index >= 15 is 0 Å². The summed E-state index contributed by atoms with van der Waals surface area (Å²) in [5.74, 6) is -0.203. The van der Waals surface area contributed by atoms with Gasteiger partial charge in [-0.1, -0.05) is 6.92 Å². The normalized spacial score (nSPS) is 18.0. The summed E-state index contributed by atoms with van der Waals surface area (Å²) < 4.78 is 0. The van der Waals surface area contributed by atoms with Gasteiger partial charge in [0.15, 0.2) is 0 Å². The van der Waals surface area contributed by atoms with Crippen molar-refractivity contribution in [2.24, 2.45) is 5.41 Å². The first-order valence-corrected chi connectivity index (χ1v) is 4.84. The van der Waals surface area contributed by atoms with Gasteiger partial charge in [-0.2, -0.15) is 0 Å². The summed E-state index contributed by atoms with van der Waals surface area (Å²) in [6, 6.07) is 0. The zero-order valence-electron chi connectivity index (χ0n) is 8.35. The summed E-state index contributed by atoms with van der Waals surface area (Å²) in [5.41, 5.74) is 0.368. The number of ketones is 1. The summed E-state index contributed by atoms with van der Waals surface area (Å²) in [6.07, 6.45) is 3.57. The minimum absolute atomic E-state index is 0.0276. The Morgan fingerprint density at radius 3 is 2.38 bits per heavy atom. The summed E-state index contributed by atoms with van der Waals surface area (Å²) in [6.45, 7) is 4.33. The lowest BCUT2D eigenvalue weighted by atomic mass is 10.0. The van der Waals surface area contributed by atoms with E-state index in [1.54, 1.807) is 0 Å². The first-order chi connectivity index (χ1) is 6.08. The fourth-order valence-electron chi connectivity index (χ4n) is 1.41. The van der Waals surface area contributed by atoms with E-state index in [1.807, 2.05) is 0 Å². The standard InChI is InChI=1S/C10H17NO2/c1-3-10(4-5-10)7-11-9(13)6-8(2)12/h3-7H2,1-2H3,(H,11,13). The maximum atomic E-state index is 11.1. The van der Waals surface area contributed by atoms with Crippen LogP contribution in [0, 0.1) is 5.41 Å². The molecule has 3 nitrogen and oxygen atoms in total. The molecule has 13 heavy (non-hydrogen) atoms. The molecular weight excluding hydrogens is 166 g/mol. The highest BCUT2D eigenvalue weighted by Gasteiger charge is 2.40. The minimum atomic E-state index is -0.132. The van der Waals surface area contributed by atoms with Crippen LogP contribution >= 0.6 is 0 Å². The van der Waals surface area contributed by atoms with Crippen molar-refractivity contribution in [3.05, 3.63) is 0 Å². The molecule has 3 heteroatoms. The lowest BCUT2D eigenvalue weighted by molar-refractivity contribution is -0.127. The number of hydrogen-bond donors (Lipinski definition) is 1. The molecule has 1 aliphatic rings. The maximum Gasteiger partial charge on any atom is 0.227 e. The van der Waals surface area contributed by atoms with Crippen LogP contribution in [0.5, 0.6) is 0 Å². The summed E-state index contributed by atoms with van der Waals surface area (Å²) in [4.78, 5) is 21.7. The van der Waals surface area contributed by atoms with Crippen molar-refractivity contribution in [3.8, 4) is 0 Å². The van der Waals surface area contributed by atoms with Gasteiger partial charge in [-0.3, -0.25) is 9.59 Å². The minimum Gasteiger partial charge on any atom is -0.355 e. The van der Waals surface area contributed by atoms with Gasteiger partial charge in [-0.05, 0) is 31.6 Å². The van der Waals surface area contributed by atoms with Crippen LogP contribution in [0.25, 0.3) is 0 Å². The van der Waals surface area contributed by atoms with Gasteiger partial charge in [-0.15, -0.1) is 0 Å². The van der Waals surface area contributed by atoms with Gasteiger partial charge in [0.05, 0.1) is 6.42 Å². The van der Waals surface area contributed by atoms with E-state index < -0.39 is 0 Å². The van der Waals surface area contributed by atoms with Crippen molar-refractivity contribution in [1.82, 2.24) is 5.32 Å². The summed E-state index contributed by atoms with van der Waals surface area (Å²) >= 11 is 0. The van der Waals surface area contributed by atoms with Crippen molar-refractivity contribution in [2.45, 2.75) is 39.5 Å². The van der Waals surface area contributed by atoms with Gasteiger partial charge in [0.25, 0.3) is 0 Å². The lowest BCUT2D eigenvalue weighted by Crippen LogP contribution is -2.30. The van der Waals surface area contributed by atoms with Gasteiger partial charge in [0.1, 0.15) is 5.78 Å². The highest BCUT2D eigenvalue weighted by molar-refractivity contribution is 5.96. The molecule has 0 bridgehead atoms. The van der Waals surface area contributed by atoms with Crippen LogP contribution in [0.1, 0.15) is 39.5 Å². The third-order valence-electron chi connectivity index (χ3n) is 2.78. The molecule has 0 spiro atoms. The van der Waals surface area contributed by atoms with E-state index in [9.17, 15) is 9.59 Å². The lowest BCUT2D eigenvalue weighted by Gasteiger charge is -2.12. The quantitative estimate of drug-likeness (QED) is 0.652. The van der Waals surface area contributed by atoms with E-state index in [-0.39, 0.29) is 18.1 Å². The fraction of sp³-hybridized carbons (Fsp3) is 0.800. The fourth-order valence-corrected chi connectivity index (χ4v) is 1.41. The van der Waals surface area contributed by atoms with Crippen LogP contribution in [0.4, 0.5) is 0 Å². The molecule has 0 atom stereocenters. The van der Waals surface area contributed by atoms with E-state index in [2.05, 4.69) is 12.2 Å². The van der Waals surface area contributed by atoms with Crippen molar-refractivity contribution >= 4 is 11.7 Å². The molecule has 0 aromatic heterocycles. The molecular formula is C10H17NO2. The maximum absolute atomic E-state index is 11.1. The van der Waals surface area contributed by atoms with Crippen molar-refractivity contribution < 1.29 is 9.59 Å². The molecule has 0 saturated heterocycles. The molecule has 1 amide bonds. The van der Waals surface area contributed by atoms with Gasteiger partial charge in [-0.25, -0.2) is 0 Å². The number of amides is 1. The van der Waals surface area contributed by atoms with Crippen LogP contribution < -0.4 is 5.32 Å². The first-order valence-electron chi connectivity index (χ1n) is 4.84. The zero-order valence-corrected chi connectivity index (χ0v) is 8.35. The third-order valence-corrected chi connectivity index (χ3v) is 2.78. The molecule has 1 rings (SSSR count). The number of nitrogens with one attached hydrogen (secondary N) is 1. The van der Waals surface area contributed by atoms with Crippen molar-refractivity contribution in [3.63, 3.8) is 0 Å². The molecule has 0 aliphatic heterocycles. The highest BCUT2D eigenvalue weighted by atomic mass is 16.2. The Morgan fingerprint density at radius 1 is 1.38 bits per heavy atom. The number of hydrogen-bond acceptors (Lipinski definition) is 2. The Balaban J connectivity index is 2.19. The zero-order chi connectivity index (χ0) is 9.90. The van der Waals surface area contributed by atoms with E-state index in [0.29, 0.717) is 5.41 Å². The second kappa shape index (κ2) is 3.90. The molecule has 0 radical (unpaired) electrons. The molecule has 0 heterocycles. The Kier molecular flexibility index (Phi) is 3.07.